The molecule has 0 unspecified atom stereocenters. The van der Waals surface area contributed by atoms with Gasteiger partial charge in [-0.25, -0.2) is 29.0 Å². The van der Waals surface area contributed by atoms with E-state index >= 15 is 39.5 Å². The fourth-order valence-corrected chi connectivity index (χ4v) is 12.9. The van der Waals surface area contributed by atoms with Crippen molar-refractivity contribution in [2.75, 3.05) is 21.1 Å². The van der Waals surface area contributed by atoms with Crippen molar-refractivity contribution in [2.24, 2.45) is 0 Å². The SMILES string of the molecule is CNC(=O)c1cccc([C@@H](C)n2cnc3cc(-c4cnn(CO[P+](O)(OCn5ncc(-c6ccc7c(=O)n([C@H](C)c8cccc(C(=O)NC)c8)cnc7c6)c5C(F)(F)F)OCn5ncc(-c6ccc7c(=O)n([C@H](C)c8cccc(C(=O)NC)c8)cnc7c6)c5C(F)(F)F)c4C(F)(F)F)ccc3c2=O)c1. The van der Waals surface area contributed by atoms with E-state index in [0.717, 1.165) is 36.8 Å². The van der Waals surface area contributed by atoms with Crippen LogP contribution in [0.5, 0.6) is 0 Å². The fraction of sp³-hybridized carbons (Fsp3) is 0.217. The lowest BCUT2D eigenvalue weighted by Crippen LogP contribution is -2.25. The van der Waals surface area contributed by atoms with Crippen molar-refractivity contribution < 1.29 is 72.4 Å². The Hall–Kier alpha value is -11.6. The Balaban J connectivity index is 0.867. The molecule has 6 heterocycles. The number of amides is 3. The van der Waals surface area contributed by atoms with Crippen LogP contribution in [-0.2, 0) is 52.3 Å². The molecule has 0 fully saturated rings. The molecule has 0 aliphatic heterocycles. The molecule has 12 aromatic rings. The molecule has 0 aliphatic carbocycles. The van der Waals surface area contributed by atoms with Crippen LogP contribution in [0.1, 0.15) is 104 Å². The van der Waals surface area contributed by atoms with Gasteiger partial charge in [-0.1, -0.05) is 54.6 Å². The summed E-state index contributed by atoms with van der Waals surface area (Å²) in [6.07, 6.45) is -10.3. The number of carbonyl (C=O) groups excluding carboxylic acids is 3. The third-order valence-electron chi connectivity index (χ3n) is 17.5. The number of hydrogen-bond donors (Lipinski definition) is 4. The Kier molecular flexibility index (Phi) is 19.7. The normalized spacial score (nSPS) is 13.2. The highest BCUT2D eigenvalue weighted by molar-refractivity contribution is 7.55. The number of benzene rings is 6. The lowest BCUT2D eigenvalue weighted by Gasteiger charge is -2.19. The number of rotatable bonds is 21. The average Bonchev–Trinajstić information content (AvgIpc) is 1.25. The number of alkyl halides is 9. The number of nitrogens with zero attached hydrogens (tertiary/aromatic N) is 12. The summed E-state index contributed by atoms with van der Waals surface area (Å²) in [5.74, 6) is -1.15. The smallest absolute Gasteiger partial charge is 0.355 e. The summed E-state index contributed by atoms with van der Waals surface area (Å²) in [5, 5.41) is 19.0. The van der Waals surface area contributed by atoms with Crippen LogP contribution in [0.2, 0.25) is 0 Å². The van der Waals surface area contributed by atoms with Gasteiger partial charge in [0.05, 0.1) is 88.4 Å². The van der Waals surface area contributed by atoms with E-state index in [1.165, 1.54) is 90.2 Å². The summed E-state index contributed by atoms with van der Waals surface area (Å²) >= 11 is 0. The van der Waals surface area contributed by atoms with E-state index in [9.17, 15) is 33.7 Å². The summed E-state index contributed by atoms with van der Waals surface area (Å²) in [6, 6.07) is 27.9. The van der Waals surface area contributed by atoms with E-state index in [2.05, 4.69) is 46.2 Å². The first-order valence-electron chi connectivity index (χ1n) is 31.3. The summed E-state index contributed by atoms with van der Waals surface area (Å²) in [4.78, 5) is 104. The largest absolute Gasteiger partial charge is 0.578 e. The minimum atomic E-state index is -5.60. The molecule has 3 atom stereocenters. The number of carbonyl (C=O) groups is 3. The van der Waals surface area contributed by atoms with Gasteiger partial charge in [-0.05, 0) is 127 Å². The topological polar surface area (TPSA) is 293 Å². The van der Waals surface area contributed by atoms with Crippen molar-refractivity contribution in [1.82, 2.24) is 73.9 Å². The van der Waals surface area contributed by atoms with E-state index in [-0.39, 0.29) is 81.2 Å². The molecule has 25 nitrogen and oxygen atoms in total. The van der Waals surface area contributed by atoms with Crippen LogP contribution in [0, 0.1) is 0 Å². The van der Waals surface area contributed by atoms with E-state index in [1.807, 2.05) is 0 Å². The van der Waals surface area contributed by atoms with Crippen LogP contribution in [0.15, 0.2) is 179 Å². The molecule has 4 N–H and O–H groups in total. The molecule has 0 saturated heterocycles. The molecule has 6 aromatic carbocycles. The monoisotopic (exact) mass is 1460 g/mol. The van der Waals surface area contributed by atoms with Crippen LogP contribution < -0.4 is 32.6 Å². The van der Waals surface area contributed by atoms with E-state index in [1.54, 1.807) is 93.6 Å². The molecule has 35 heteroatoms. The summed E-state index contributed by atoms with van der Waals surface area (Å²) in [7, 11) is -1.26. The standard InChI is InChI=1S/C69H57F9N15O10P/c1-37(40-10-7-13-46(22-40)61(94)79-4)88-31-82-55-25-43(16-19-49(55)64(88)97)52-28-85-91(58(52)67(70,71)72)34-101-104(100,102-35-92-59(68(73,74)75)53(29-86-92)44-17-20-50-56(26-44)83-32-89(65(50)98)38(2)41-11-8-14-47(23-41)62(95)80-5)103-36-93-60(69(76,77)78)54(30-87-93)45-18-21-51-57(27-45)84-33-90(66(51)99)39(3)42-12-9-15-48(24-42)63(96)81-6/h7-33,37-39,100H,34-36H2,1-6H3,(H2-,79,80,81,94,95,96)/p+1/t37-,38-,39-/m1/s1. The van der Waals surface area contributed by atoms with E-state index in [0.29, 0.717) is 33.4 Å². The van der Waals surface area contributed by atoms with Crippen molar-refractivity contribution in [2.45, 2.75) is 77.6 Å². The number of nitrogens with one attached hydrogen (secondary N) is 3. The maximum atomic E-state index is 15.5. The molecule has 0 spiro atoms. The zero-order valence-electron chi connectivity index (χ0n) is 55.3. The van der Waals surface area contributed by atoms with Crippen LogP contribution >= 0.6 is 8.17 Å². The zero-order chi connectivity index (χ0) is 74.5. The number of halogens is 9. The van der Waals surface area contributed by atoms with Gasteiger partial charge in [0.25, 0.3) is 34.4 Å². The van der Waals surface area contributed by atoms with Crippen molar-refractivity contribution in [3.63, 3.8) is 0 Å². The first-order valence-corrected chi connectivity index (χ1v) is 32.8. The second-order valence-electron chi connectivity index (χ2n) is 23.7. The van der Waals surface area contributed by atoms with Gasteiger partial charge in [0, 0.05) is 54.5 Å². The minimum absolute atomic E-state index is 0.0274. The van der Waals surface area contributed by atoms with Crippen molar-refractivity contribution in [1.29, 1.82) is 0 Å². The highest BCUT2D eigenvalue weighted by Gasteiger charge is 2.50. The van der Waals surface area contributed by atoms with Gasteiger partial charge in [0.1, 0.15) is 0 Å². The summed E-state index contributed by atoms with van der Waals surface area (Å²) in [5.41, 5.74) is -6.77. The summed E-state index contributed by atoms with van der Waals surface area (Å²) in [6.45, 7) is 0.423. The van der Waals surface area contributed by atoms with Gasteiger partial charge in [0.15, 0.2) is 37.3 Å². The fourth-order valence-electron chi connectivity index (χ4n) is 11.9. The Labute approximate surface area is 581 Å². The Morgan fingerprint density at radius 2 is 0.702 bits per heavy atom. The van der Waals surface area contributed by atoms with E-state index < -0.39 is 115 Å². The molecule has 12 rings (SSSR count). The second-order valence-corrected chi connectivity index (χ2v) is 25.4. The second kappa shape index (κ2) is 28.3. The molecule has 0 aliphatic rings. The van der Waals surface area contributed by atoms with Crippen LogP contribution in [0.3, 0.4) is 0 Å². The van der Waals surface area contributed by atoms with Gasteiger partial charge >= 0.3 is 26.7 Å². The highest BCUT2D eigenvalue weighted by atomic mass is 31.2. The van der Waals surface area contributed by atoms with E-state index in [4.69, 9.17) is 13.6 Å². The van der Waals surface area contributed by atoms with Crippen molar-refractivity contribution >= 4 is 58.6 Å². The van der Waals surface area contributed by atoms with Crippen LogP contribution in [0.4, 0.5) is 39.5 Å². The highest BCUT2D eigenvalue weighted by Crippen LogP contribution is 2.60. The lowest BCUT2D eigenvalue weighted by atomic mass is 10.0. The zero-order valence-corrected chi connectivity index (χ0v) is 56.2. The number of aromatic nitrogens is 12. The van der Waals surface area contributed by atoms with Gasteiger partial charge in [-0.3, -0.25) is 42.5 Å². The molecule has 0 radical (unpaired) electrons. The summed E-state index contributed by atoms with van der Waals surface area (Å²) < 4.78 is 160. The maximum absolute atomic E-state index is 15.5. The Morgan fingerprint density at radius 3 is 0.952 bits per heavy atom. The predicted molar refractivity (Wildman–Crippen MR) is 360 cm³/mol. The third kappa shape index (κ3) is 14.2. The lowest BCUT2D eigenvalue weighted by molar-refractivity contribution is -0.146. The molecule has 6 aromatic heterocycles. The molecular weight excluding hydrogens is 1400 g/mol. The molecule has 0 bridgehead atoms. The molecular formula is C69H58F9N15O10P+. The average molecular weight is 1460 g/mol. The van der Waals surface area contributed by atoms with Gasteiger partial charge in [-0.2, -0.15) is 59.7 Å². The van der Waals surface area contributed by atoms with Crippen molar-refractivity contribution in [3.05, 3.63) is 246 Å². The van der Waals surface area contributed by atoms with Crippen LogP contribution in [0.25, 0.3) is 66.1 Å². The molecule has 3 amide bonds. The molecule has 104 heavy (non-hydrogen) atoms. The van der Waals surface area contributed by atoms with Crippen molar-refractivity contribution in [3.8, 4) is 33.4 Å². The van der Waals surface area contributed by atoms with Gasteiger partial charge in [0.2, 0.25) is 0 Å². The van der Waals surface area contributed by atoms with Gasteiger partial charge in [-0.15, -0.1) is 13.6 Å². The Bertz CT molecular complexity index is 5020. The minimum Gasteiger partial charge on any atom is -0.355 e. The van der Waals surface area contributed by atoms with Gasteiger partial charge < -0.3 is 16.0 Å². The third-order valence-corrected chi connectivity index (χ3v) is 18.8. The molecule has 0 saturated carbocycles. The predicted octanol–water partition coefficient (Wildman–Crippen LogP) is 11.4. The number of fused-ring (bicyclic) bond motifs is 3. The first kappa shape index (κ1) is 72.2. The quantitative estimate of drug-likeness (QED) is 0.0384. The Morgan fingerprint density at radius 1 is 0.433 bits per heavy atom. The van der Waals surface area contributed by atoms with Crippen LogP contribution in [-0.4, -0.2) is 102 Å². The maximum Gasteiger partial charge on any atom is 0.578 e. The number of hydrogen-bond acceptors (Lipinski definition) is 16. The first-order chi connectivity index (χ1) is 49.4. The molecule has 536 valence electrons.